The van der Waals surface area contributed by atoms with E-state index in [4.69, 9.17) is 0 Å². The van der Waals surface area contributed by atoms with Gasteiger partial charge in [0.15, 0.2) is 5.78 Å². The van der Waals surface area contributed by atoms with Crippen LogP contribution in [-0.2, 0) is 11.3 Å². The van der Waals surface area contributed by atoms with Gasteiger partial charge in [-0.1, -0.05) is 6.07 Å². The van der Waals surface area contributed by atoms with Gasteiger partial charge in [0.05, 0.1) is 29.5 Å². The van der Waals surface area contributed by atoms with Gasteiger partial charge >= 0.3 is 0 Å². The fourth-order valence-electron chi connectivity index (χ4n) is 4.69. The number of likely N-dealkylation sites (tertiary alicyclic amines) is 1. The van der Waals surface area contributed by atoms with Crippen molar-refractivity contribution in [2.24, 2.45) is 0 Å². The van der Waals surface area contributed by atoms with Crippen molar-refractivity contribution in [1.82, 2.24) is 34.6 Å². The number of hydrogen-bond acceptors (Lipinski definition) is 8. The van der Waals surface area contributed by atoms with Crippen molar-refractivity contribution in [2.75, 3.05) is 6.54 Å². The Labute approximate surface area is 225 Å². The summed E-state index contributed by atoms with van der Waals surface area (Å²) >= 11 is 3.24. The summed E-state index contributed by atoms with van der Waals surface area (Å²) in [4.78, 5) is 57.5. The Bertz CT molecular complexity index is 1590. The van der Waals surface area contributed by atoms with Crippen LogP contribution in [-0.4, -0.2) is 70.8 Å². The molecule has 1 saturated heterocycles. The molecule has 4 aromatic heterocycles. The quantitative estimate of drug-likeness (QED) is 0.250. The molecule has 12 heteroatoms. The number of aryl methyl sites for hydroxylation is 2. The van der Waals surface area contributed by atoms with Gasteiger partial charge in [-0.05, 0) is 48.0 Å². The largest absolute Gasteiger partial charge is 0.328 e. The lowest BCUT2D eigenvalue weighted by molar-refractivity contribution is -0.132. The number of alkyl halides is 1. The number of aromatic nitrogens is 6. The molecule has 1 amide bonds. The highest BCUT2D eigenvalue weighted by Gasteiger charge is 2.40. The number of nitrogens with zero attached hydrogens (tertiary/aromatic N) is 7. The van der Waals surface area contributed by atoms with E-state index in [1.54, 1.807) is 44.4 Å². The Morgan fingerprint density at radius 3 is 2.55 bits per heavy atom. The standard InChI is InChI=1S/C26H23BrFN7O3/c1-13-25-18(8-20(31-13)16-9-29-15(3)30-10-16)24(14(2)36)33-35(25)12-23(37)34-11-17(28)7-21(34)26(38)19-5-4-6-22(27)32-19/h4-6,8-10,17,21H,7,11-12H2,1-3H3/t17-,21+/m1/s1. The van der Waals surface area contributed by atoms with E-state index in [1.165, 1.54) is 22.6 Å². The van der Waals surface area contributed by atoms with Gasteiger partial charge in [0.2, 0.25) is 11.7 Å². The van der Waals surface area contributed by atoms with E-state index < -0.39 is 23.9 Å². The SMILES string of the molecule is CC(=O)c1nn(CC(=O)N2C[C@H](F)C[C@H]2C(=O)c2cccc(Br)n2)c2c(C)nc(-c3cnc(C)nc3)cc12. The Balaban J connectivity index is 1.49. The molecular weight excluding hydrogens is 557 g/mol. The molecule has 2 atom stereocenters. The molecule has 38 heavy (non-hydrogen) atoms. The smallest absolute Gasteiger partial charge is 0.245 e. The Hall–Kier alpha value is -3.93. The number of hydrogen-bond donors (Lipinski definition) is 0. The number of ketones is 2. The van der Waals surface area contributed by atoms with Gasteiger partial charge in [0.1, 0.15) is 34.5 Å². The molecule has 0 unspecified atom stereocenters. The summed E-state index contributed by atoms with van der Waals surface area (Å²) in [6, 6.07) is 5.60. The maximum atomic E-state index is 14.5. The number of pyridine rings is 2. The summed E-state index contributed by atoms with van der Waals surface area (Å²) in [6.45, 7) is 4.43. The van der Waals surface area contributed by atoms with Crippen molar-refractivity contribution in [2.45, 2.75) is 46.0 Å². The van der Waals surface area contributed by atoms with Crippen LogP contribution in [0.15, 0.2) is 41.3 Å². The molecule has 1 aliphatic rings. The van der Waals surface area contributed by atoms with Gasteiger partial charge in [-0.3, -0.25) is 24.0 Å². The van der Waals surface area contributed by atoms with E-state index in [2.05, 4.69) is 41.0 Å². The average molecular weight is 580 g/mol. The van der Waals surface area contributed by atoms with E-state index in [1.807, 2.05) is 0 Å². The first kappa shape index (κ1) is 25.7. The van der Waals surface area contributed by atoms with Crippen LogP contribution in [0.25, 0.3) is 22.2 Å². The molecule has 0 radical (unpaired) electrons. The molecule has 1 fully saturated rings. The van der Waals surface area contributed by atoms with Gasteiger partial charge in [-0.15, -0.1) is 0 Å². The van der Waals surface area contributed by atoms with Crippen LogP contribution >= 0.6 is 15.9 Å². The molecule has 10 nitrogen and oxygen atoms in total. The summed E-state index contributed by atoms with van der Waals surface area (Å²) in [6.07, 6.45) is 1.84. The number of carbonyl (C=O) groups is 3. The molecule has 1 aliphatic heterocycles. The van der Waals surface area contributed by atoms with Crippen molar-refractivity contribution in [3.05, 3.63) is 64.2 Å². The lowest BCUT2D eigenvalue weighted by atomic mass is 10.1. The average Bonchev–Trinajstić information content (AvgIpc) is 3.45. The number of carbonyl (C=O) groups excluding carboxylic acids is 3. The van der Waals surface area contributed by atoms with Crippen molar-refractivity contribution in [3.8, 4) is 11.3 Å². The van der Waals surface area contributed by atoms with Crippen LogP contribution < -0.4 is 0 Å². The number of halogens is 2. The molecule has 0 bridgehead atoms. The molecule has 5 rings (SSSR count). The van der Waals surface area contributed by atoms with Crippen molar-refractivity contribution >= 4 is 44.3 Å². The molecular formula is C26H23BrFN7O3. The summed E-state index contributed by atoms with van der Waals surface area (Å²) < 4.78 is 16.3. The Morgan fingerprint density at radius 2 is 1.87 bits per heavy atom. The predicted octanol–water partition coefficient (Wildman–Crippen LogP) is 3.69. The monoisotopic (exact) mass is 579 g/mol. The van der Waals surface area contributed by atoms with Crippen LogP contribution in [0.2, 0.25) is 0 Å². The van der Waals surface area contributed by atoms with E-state index in [9.17, 15) is 18.8 Å². The van der Waals surface area contributed by atoms with E-state index >= 15 is 0 Å². The summed E-state index contributed by atoms with van der Waals surface area (Å²) in [5, 5.41) is 4.95. The highest BCUT2D eigenvalue weighted by atomic mass is 79.9. The zero-order valence-electron chi connectivity index (χ0n) is 20.9. The zero-order valence-corrected chi connectivity index (χ0v) is 22.4. The van der Waals surface area contributed by atoms with Crippen molar-refractivity contribution < 1.29 is 18.8 Å². The van der Waals surface area contributed by atoms with Crippen LogP contribution in [0.3, 0.4) is 0 Å². The Morgan fingerprint density at radius 1 is 1.13 bits per heavy atom. The van der Waals surface area contributed by atoms with Gasteiger partial charge in [-0.2, -0.15) is 5.10 Å². The fourth-order valence-corrected chi connectivity index (χ4v) is 5.03. The highest BCUT2D eigenvalue weighted by molar-refractivity contribution is 9.10. The number of Topliss-reactive ketones (excluding diaryl/α,β-unsaturated/α-hetero) is 2. The first-order valence-corrected chi connectivity index (χ1v) is 12.7. The van der Waals surface area contributed by atoms with E-state index in [0.29, 0.717) is 38.3 Å². The second kappa shape index (κ2) is 10.1. The van der Waals surface area contributed by atoms with Crippen LogP contribution in [0.5, 0.6) is 0 Å². The zero-order chi connectivity index (χ0) is 27.1. The highest BCUT2D eigenvalue weighted by Crippen LogP contribution is 2.29. The normalized spacial score (nSPS) is 17.2. The number of amides is 1. The van der Waals surface area contributed by atoms with E-state index in [-0.39, 0.29) is 36.7 Å². The predicted molar refractivity (Wildman–Crippen MR) is 139 cm³/mol. The topological polar surface area (TPSA) is 124 Å². The first-order chi connectivity index (χ1) is 18.1. The summed E-state index contributed by atoms with van der Waals surface area (Å²) in [7, 11) is 0. The molecule has 194 valence electrons. The van der Waals surface area contributed by atoms with Crippen LogP contribution in [0, 0.1) is 13.8 Å². The third kappa shape index (κ3) is 4.83. The second-order valence-corrected chi connectivity index (χ2v) is 9.99. The molecule has 0 N–H and O–H groups in total. The molecule has 5 heterocycles. The van der Waals surface area contributed by atoms with Crippen molar-refractivity contribution in [1.29, 1.82) is 0 Å². The minimum atomic E-state index is -1.34. The molecule has 0 spiro atoms. The molecule has 0 aliphatic carbocycles. The lowest BCUT2D eigenvalue weighted by Crippen LogP contribution is -2.42. The molecule has 4 aromatic rings. The van der Waals surface area contributed by atoms with E-state index in [0.717, 1.165) is 0 Å². The first-order valence-electron chi connectivity index (χ1n) is 11.9. The fraction of sp³-hybridized carbons (Fsp3) is 0.308. The third-order valence-corrected chi connectivity index (χ3v) is 6.88. The van der Waals surface area contributed by atoms with Crippen LogP contribution in [0.1, 0.15) is 45.8 Å². The minimum absolute atomic E-state index is 0.111. The van der Waals surface area contributed by atoms with Crippen LogP contribution in [0.4, 0.5) is 4.39 Å². The van der Waals surface area contributed by atoms with Gasteiger partial charge in [0.25, 0.3) is 0 Å². The molecule has 0 aromatic carbocycles. The van der Waals surface area contributed by atoms with Gasteiger partial charge in [-0.25, -0.2) is 19.3 Å². The lowest BCUT2D eigenvalue weighted by Gasteiger charge is -2.23. The summed E-state index contributed by atoms with van der Waals surface area (Å²) in [5.41, 5.74) is 2.62. The van der Waals surface area contributed by atoms with Gasteiger partial charge < -0.3 is 4.90 Å². The number of fused-ring (bicyclic) bond motifs is 1. The van der Waals surface area contributed by atoms with Crippen molar-refractivity contribution in [3.63, 3.8) is 0 Å². The minimum Gasteiger partial charge on any atom is -0.328 e. The maximum Gasteiger partial charge on any atom is 0.245 e. The molecule has 0 saturated carbocycles. The summed E-state index contributed by atoms with van der Waals surface area (Å²) in [5.74, 6) is -0.588. The Kier molecular flexibility index (Phi) is 6.82. The maximum absolute atomic E-state index is 14.5. The number of rotatable bonds is 6. The van der Waals surface area contributed by atoms with Gasteiger partial charge in [0, 0.05) is 36.7 Å². The third-order valence-electron chi connectivity index (χ3n) is 6.44. The second-order valence-electron chi connectivity index (χ2n) is 9.18.